The molecule has 3 N–H and O–H groups in total. The molecule has 0 heterocycles. The Balaban J connectivity index is 2.10. The Morgan fingerprint density at radius 2 is 2.08 bits per heavy atom. The van der Waals surface area contributed by atoms with Crippen LogP contribution in [0.2, 0.25) is 0 Å². The second-order valence-corrected chi connectivity index (χ2v) is 4.37. The molecule has 0 aromatic rings. The number of rotatable bonds is 6. The van der Waals surface area contributed by atoms with E-state index in [1.165, 1.54) is 25.7 Å². The number of nitrogens with one attached hydrogen (secondary N) is 1. The van der Waals surface area contributed by atoms with E-state index < -0.39 is 0 Å². The van der Waals surface area contributed by atoms with E-state index in [0.717, 1.165) is 19.4 Å². The smallest absolute Gasteiger partial charge is 0.0178 e. The molecule has 2 heteroatoms. The lowest BCUT2D eigenvalue weighted by Gasteiger charge is -2.42. The Kier molecular flexibility index (Phi) is 4.20. The summed E-state index contributed by atoms with van der Waals surface area (Å²) in [6.45, 7) is 5.54. The van der Waals surface area contributed by atoms with Gasteiger partial charge in [0.25, 0.3) is 0 Å². The summed E-state index contributed by atoms with van der Waals surface area (Å²) in [6.07, 6.45) is 7.63. The average molecular weight is 184 g/mol. The zero-order chi connectivity index (χ0) is 9.73. The van der Waals surface area contributed by atoms with E-state index >= 15 is 0 Å². The van der Waals surface area contributed by atoms with Crippen LogP contribution in [0.3, 0.4) is 0 Å². The van der Waals surface area contributed by atoms with Gasteiger partial charge in [0, 0.05) is 11.6 Å². The van der Waals surface area contributed by atoms with E-state index in [1.54, 1.807) is 0 Å². The molecule has 0 bridgehead atoms. The summed E-state index contributed by atoms with van der Waals surface area (Å²) in [6, 6.07) is 0.390. The van der Waals surface area contributed by atoms with Gasteiger partial charge in [-0.2, -0.15) is 0 Å². The van der Waals surface area contributed by atoms with Crippen LogP contribution in [0, 0.1) is 0 Å². The van der Waals surface area contributed by atoms with Gasteiger partial charge in [-0.25, -0.2) is 0 Å². The van der Waals surface area contributed by atoms with Gasteiger partial charge in [-0.15, -0.1) is 0 Å². The van der Waals surface area contributed by atoms with Crippen molar-refractivity contribution in [2.24, 2.45) is 5.73 Å². The average Bonchev–Trinajstić information content (AvgIpc) is 2.09. The van der Waals surface area contributed by atoms with Crippen molar-refractivity contribution in [1.82, 2.24) is 5.32 Å². The molecule has 0 amide bonds. The number of hydrogen-bond acceptors (Lipinski definition) is 2. The molecule has 0 aromatic carbocycles. The van der Waals surface area contributed by atoms with E-state index in [1.807, 2.05) is 0 Å². The predicted octanol–water partition coefficient (Wildman–Crippen LogP) is 2.04. The van der Waals surface area contributed by atoms with E-state index in [2.05, 4.69) is 19.2 Å². The van der Waals surface area contributed by atoms with Crippen molar-refractivity contribution in [3.05, 3.63) is 0 Å². The van der Waals surface area contributed by atoms with Gasteiger partial charge >= 0.3 is 0 Å². The normalized spacial score (nSPS) is 22.4. The zero-order valence-electron chi connectivity index (χ0n) is 9.10. The molecule has 1 unspecified atom stereocenters. The molecule has 13 heavy (non-hydrogen) atoms. The highest BCUT2D eigenvalue weighted by Crippen LogP contribution is 2.34. The second-order valence-electron chi connectivity index (χ2n) is 4.37. The standard InChI is InChI=1S/C11H24N2/c1-3-10(12)6-9-13-11(4-2)7-5-8-11/h10,13H,3-9,12H2,1-2H3. The molecule has 1 rings (SSSR count). The molecule has 1 atom stereocenters. The molecule has 0 spiro atoms. The third-order valence-corrected chi connectivity index (χ3v) is 3.53. The molecule has 78 valence electrons. The maximum atomic E-state index is 5.86. The monoisotopic (exact) mass is 184 g/mol. The minimum atomic E-state index is 0.390. The van der Waals surface area contributed by atoms with Gasteiger partial charge in [-0.05, 0) is 45.1 Å². The Labute approximate surface area is 82.3 Å². The van der Waals surface area contributed by atoms with Crippen molar-refractivity contribution in [3.8, 4) is 0 Å². The summed E-state index contributed by atoms with van der Waals surface area (Å²) in [5.74, 6) is 0. The summed E-state index contributed by atoms with van der Waals surface area (Å²) in [5.41, 5.74) is 6.36. The van der Waals surface area contributed by atoms with Crippen LogP contribution in [-0.4, -0.2) is 18.1 Å². The summed E-state index contributed by atoms with van der Waals surface area (Å²) in [4.78, 5) is 0. The van der Waals surface area contributed by atoms with E-state index in [-0.39, 0.29) is 0 Å². The molecule has 2 nitrogen and oxygen atoms in total. The van der Waals surface area contributed by atoms with Gasteiger partial charge in [-0.1, -0.05) is 13.8 Å². The van der Waals surface area contributed by atoms with Crippen molar-refractivity contribution in [2.45, 2.75) is 64.0 Å². The third-order valence-electron chi connectivity index (χ3n) is 3.53. The molecule has 1 fully saturated rings. The fourth-order valence-corrected chi connectivity index (χ4v) is 1.99. The van der Waals surface area contributed by atoms with Crippen LogP contribution in [0.15, 0.2) is 0 Å². The molecular formula is C11H24N2. The minimum Gasteiger partial charge on any atom is -0.328 e. The first-order chi connectivity index (χ1) is 6.22. The SMILES string of the molecule is CCC(N)CCNC1(CC)CCC1. The molecule has 0 aliphatic heterocycles. The maximum Gasteiger partial charge on any atom is 0.0178 e. The molecular weight excluding hydrogens is 160 g/mol. The summed E-state index contributed by atoms with van der Waals surface area (Å²) >= 11 is 0. The molecule has 0 aromatic heterocycles. The van der Waals surface area contributed by atoms with Gasteiger partial charge in [0.2, 0.25) is 0 Å². The first-order valence-electron chi connectivity index (χ1n) is 5.73. The van der Waals surface area contributed by atoms with Crippen LogP contribution in [0.5, 0.6) is 0 Å². The summed E-state index contributed by atoms with van der Waals surface area (Å²) in [7, 11) is 0. The first kappa shape index (κ1) is 11.0. The Morgan fingerprint density at radius 3 is 2.46 bits per heavy atom. The molecule has 1 aliphatic rings. The predicted molar refractivity (Wildman–Crippen MR) is 57.8 cm³/mol. The van der Waals surface area contributed by atoms with Gasteiger partial charge in [0.15, 0.2) is 0 Å². The van der Waals surface area contributed by atoms with Gasteiger partial charge in [-0.3, -0.25) is 0 Å². The zero-order valence-corrected chi connectivity index (χ0v) is 9.10. The van der Waals surface area contributed by atoms with Gasteiger partial charge in [0.1, 0.15) is 0 Å². The molecule has 0 radical (unpaired) electrons. The maximum absolute atomic E-state index is 5.86. The van der Waals surface area contributed by atoms with Crippen LogP contribution in [0.1, 0.15) is 52.4 Å². The summed E-state index contributed by atoms with van der Waals surface area (Å²) in [5, 5.41) is 3.67. The highest BCUT2D eigenvalue weighted by molar-refractivity contribution is 4.94. The number of hydrogen-bond donors (Lipinski definition) is 2. The van der Waals surface area contributed by atoms with Crippen LogP contribution < -0.4 is 11.1 Å². The second kappa shape index (κ2) is 4.97. The Morgan fingerprint density at radius 1 is 1.38 bits per heavy atom. The van der Waals surface area contributed by atoms with Crippen molar-refractivity contribution >= 4 is 0 Å². The first-order valence-corrected chi connectivity index (χ1v) is 5.73. The fourth-order valence-electron chi connectivity index (χ4n) is 1.99. The van der Waals surface area contributed by atoms with Crippen LogP contribution in [-0.2, 0) is 0 Å². The lowest BCUT2D eigenvalue weighted by Crippen LogP contribution is -2.51. The Bertz CT molecular complexity index is 136. The van der Waals surface area contributed by atoms with E-state index in [0.29, 0.717) is 11.6 Å². The molecule has 0 saturated heterocycles. The topological polar surface area (TPSA) is 38.0 Å². The summed E-state index contributed by atoms with van der Waals surface area (Å²) < 4.78 is 0. The van der Waals surface area contributed by atoms with E-state index in [9.17, 15) is 0 Å². The highest BCUT2D eigenvalue weighted by Gasteiger charge is 2.33. The van der Waals surface area contributed by atoms with Crippen molar-refractivity contribution in [2.75, 3.05) is 6.54 Å². The van der Waals surface area contributed by atoms with Crippen molar-refractivity contribution < 1.29 is 0 Å². The molecule has 1 aliphatic carbocycles. The van der Waals surface area contributed by atoms with Gasteiger partial charge in [0.05, 0.1) is 0 Å². The van der Waals surface area contributed by atoms with Crippen LogP contribution >= 0.6 is 0 Å². The number of nitrogens with two attached hydrogens (primary N) is 1. The largest absolute Gasteiger partial charge is 0.328 e. The quantitative estimate of drug-likeness (QED) is 0.663. The lowest BCUT2D eigenvalue weighted by molar-refractivity contribution is 0.176. The van der Waals surface area contributed by atoms with E-state index in [4.69, 9.17) is 5.73 Å². The van der Waals surface area contributed by atoms with Crippen molar-refractivity contribution in [1.29, 1.82) is 0 Å². The van der Waals surface area contributed by atoms with Crippen LogP contribution in [0.4, 0.5) is 0 Å². The molecule has 1 saturated carbocycles. The van der Waals surface area contributed by atoms with Gasteiger partial charge < -0.3 is 11.1 Å². The van der Waals surface area contributed by atoms with Crippen LogP contribution in [0.25, 0.3) is 0 Å². The highest BCUT2D eigenvalue weighted by atomic mass is 15.0. The fraction of sp³-hybridized carbons (Fsp3) is 1.00. The lowest BCUT2D eigenvalue weighted by atomic mass is 9.75. The third kappa shape index (κ3) is 2.96. The van der Waals surface area contributed by atoms with Crippen molar-refractivity contribution in [3.63, 3.8) is 0 Å². The Hall–Kier alpha value is -0.0800. The minimum absolute atomic E-state index is 0.390.